The highest BCUT2D eigenvalue weighted by Crippen LogP contribution is 2.64. The molecule has 5 heteroatoms. The standard InChI is InChI=1S/C20H29NO4/c1-19-7-4-5-12(19)16-13(6-8-19)20(2)10-11(18(24)25)17(23)21(3)15(20)9-14(16)22/h11-13,15-16H,4-10H2,1-3H3,(H,24,25)/t11?,12-,13+,15?,16-,19-,20+/m0/s1. The van der Waals surface area contributed by atoms with Gasteiger partial charge in [0.1, 0.15) is 11.7 Å². The first kappa shape index (κ1) is 17.0. The summed E-state index contributed by atoms with van der Waals surface area (Å²) < 4.78 is 0. The summed E-state index contributed by atoms with van der Waals surface area (Å²) in [5, 5.41) is 9.56. The van der Waals surface area contributed by atoms with E-state index in [1.165, 1.54) is 12.8 Å². The lowest BCUT2D eigenvalue weighted by molar-refractivity contribution is -0.177. The van der Waals surface area contributed by atoms with Crippen LogP contribution in [0.25, 0.3) is 0 Å². The van der Waals surface area contributed by atoms with Crippen LogP contribution in [-0.4, -0.2) is 40.8 Å². The van der Waals surface area contributed by atoms with Gasteiger partial charge in [-0.25, -0.2) is 0 Å². The van der Waals surface area contributed by atoms with Crippen LogP contribution in [-0.2, 0) is 14.4 Å². The molecule has 4 fully saturated rings. The molecular formula is C20H29NO4. The highest BCUT2D eigenvalue weighted by atomic mass is 16.4. The van der Waals surface area contributed by atoms with Gasteiger partial charge in [0.15, 0.2) is 0 Å². The van der Waals surface area contributed by atoms with Crippen LogP contribution in [0.5, 0.6) is 0 Å². The predicted molar refractivity (Wildman–Crippen MR) is 91.7 cm³/mol. The first-order valence-corrected chi connectivity index (χ1v) is 9.71. The van der Waals surface area contributed by atoms with E-state index in [2.05, 4.69) is 13.8 Å². The maximum absolute atomic E-state index is 13.1. The zero-order chi connectivity index (χ0) is 18.1. The number of carbonyl (C=O) groups is 3. The Hall–Kier alpha value is -1.39. The molecule has 5 nitrogen and oxygen atoms in total. The van der Waals surface area contributed by atoms with E-state index < -0.39 is 11.9 Å². The molecule has 0 spiro atoms. The minimum Gasteiger partial charge on any atom is -0.481 e. The Balaban J connectivity index is 1.74. The number of carbonyl (C=O) groups excluding carboxylic acids is 2. The number of hydrogen-bond acceptors (Lipinski definition) is 3. The summed E-state index contributed by atoms with van der Waals surface area (Å²) >= 11 is 0. The van der Waals surface area contributed by atoms with Crippen molar-refractivity contribution in [2.75, 3.05) is 7.05 Å². The van der Waals surface area contributed by atoms with E-state index in [4.69, 9.17) is 0 Å². The third kappa shape index (κ3) is 2.16. The first-order chi connectivity index (χ1) is 11.7. The number of carboxylic acids is 1. The average molecular weight is 347 g/mol. The molecule has 1 amide bonds. The van der Waals surface area contributed by atoms with Crippen LogP contribution >= 0.6 is 0 Å². The van der Waals surface area contributed by atoms with Crippen LogP contribution in [0.1, 0.15) is 58.8 Å². The van der Waals surface area contributed by atoms with Gasteiger partial charge in [-0.1, -0.05) is 20.3 Å². The monoisotopic (exact) mass is 347 g/mol. The fourth-order valence-electron chi connectivity index (χ4n) is 7.11. The van der Waals surface area contributed by atoms with Gasteiger partial charge in [0.25, 0.3) is 0 Å². The van der Waals surface area contributed by atoms with Crippen molar-refractivity contribution in [1.82, 2.24) is 4.90 Å². The number of piperidine rings is 1. The fraction of sp³-hybridized carbons (Fsp3) is 0.850. The highest BCUT2D eigenvalue weighted by Gasteiger charge is 2.63. The summed E-state index contributed by atoms with van der Waals surface area (Å²) in [6.45, 7) is 4.50. The topological polar surface area (TPSA) is 74.7 Å². The van der Waals surface area contributed by atoms with E-state index in [0.29, 0.717) is 24.5 Å². The largest absolute Gasteiger partial charge is 0.481 e. The molecule has 7 atom stereocenters. The highest BCUT2D eigenvalue weighted by molar-refractivity contribution is 5.98. The van der Waals surface area contributed by atoms with E-state index in [1.807, 2.05) is 0 Å². The zero-order valence-electron chi connectivity index (χ0n) is 15.5. The van der Waals surface area contributed by atoms with Gasteiger partial charge < -0.3 is 10.0 Å². The van der Waals surface area contributed by atoms with E-state index in [1.54, 1.807) is 11.9 Å². The van der Waals surface area contributed by atoms with Gasteiger partial charge in [-0.15, -0.1) is 0 Å². The number of aliphatic carboxylic acids is 1. The minimum absolute atomic E-state index is 0.0681. The smallest absolute Gasteiger partial charge is 0.316 e. The van der Waals surface area contributed by atoms with E-state index in [9.17, 15) is 19.5 Å². The Morgan fingerprint density at radius 1 is 1.16 bits per heavy atom. The molecule has 0 aromatic carbocycles. The second kappa shape index (κ2) is 5.31. The number of nitrogens with zero attached hydrogens (tertiary/aromatic N) is 1. The molecule has 4 aliphatic rings. The molecule has 0 aromatic heterocycles. The van der Waals surface area contributed by atoms with Crippen molar-refractivity contribution >= 4 is 17.7 Å². The van der Waals surface area contributed by atoms with Crippen LogP contribution in [0.4, 0.5) is 0 Å². The number of fused-ring (bicyclic) bond motifs is 5. The van der Waals surface area contributed by atoms with Crippen LogP contribution < -0.4 is 0 Å². The summed E-state index contributed by atoms with van der Waals surface area (Å²) in [6, 6.07) is -0.143. The van der Waals surface area contributed by atoms with Gasteiger partial charge in [-0.05, 0) is 54.8 Å². The van der Waals surface area contributed by atoms with Crippen molar-refractivity contribution in [2.24, 2.45) is 34.5 Å². The molecule has 3 aliphatic carbocycles. The number of rotatable bonds is 1. The van der Waals surface area contributed by atoms with Crippen LogP contribution in [0, 0.1) is 34.5 Å². The maximum Gasteiger partial charge on any atom is 0.316 e. The van der Waals surface area contributed by atoms with Gasteiger partial charge in [0, 0.05) is 25.4 Å². The molecule has 3 saturated carbocycles. The molecular weight excluding hydrogens is 318 g/mol. The summed E-state index contributed by atoms with van der Waals surface area (Å²) in [4.78, 5) is 38.9. The zero-order valence-corrected chi connectivity index (χ0v) is 15.5. The third-order valence-corrected chi connectivity index (χ3v) is 8.48. The second-order valence-corrected chi connectivity index (χ2v) is 9.56. The molecule has 0 bridgehead atoms. The lowest BCUT2D eigenvalue weighted by atomic mass is 9.46. The summed E-state index contributed by atoms with van der Waals surface area (Å²) in [7, 11) is 1.69. The SMILES string of the molecule is CN1C(=O)C(C(=O)O)C[C@@]2(C)C1CC(=O)[C@@H]1[C@H]2CC[C@]2(C)CCC[C@@H]12. The van der Waals surface area contributed by atoms with Crippen molar-refractivity contribution in [1.29, 1.82) is 0 Å². The summed E-state index contributed by atoms with van der Waals surface area (Å²) in [6.07, 6.45) is 6.45. The van der Waals surface area contributed by atoms with Crippen LogP contribution in [0.2, 0.25) is 0 Å². The molecule has 0 radical (unpaired) electrons. The Morgan fingerprint density at radius 2 is 1.88 bits per heavy atom. The molecule has 1 N–H and O–H groups in total. The van der Waals surface area contributed by atoms with E-state index >= 15 is 0 Å². The number of carboxylic acid groups (broad SMARTS) is 1. The normalized spacial score (nSPS) is 49.4. The molecule has 4 rings (SSSR count). The summed E-state index contributed by atoms with van der Waals surface area (Å²) in [5.74, 6) is -1.27. The van der Waals surface area contributed by atoms with Gasteiger partial charge in [0.05, 0.1) is 0 Å². The second-order valence-electron chi connectivity index (χ2n) is 9.56. The lowest BCUT2D eigenvalue weighted by Crippen LogP contribution is -2.66. The fourth-order valence-corrected chi connectivity index (χ4v) is 7.11. The van der Waals surface area contributed by atoms with Crippen molar-refractivity contribution in [3.05, 3.63) is 0 Å². The Kier molecular flexibility index (Phi) is 3.62. The van der Waals surface area contributed by atoms with E-state index in [-0.39, 0.29) is 34.6 Å². The average Bonchev–Trinajstić information content (AvgIpc) is 2.94. The number of likely N-dealkylation sites (tertiary alicyclic amines) is 1. The van der Waals surface area contributed by atoms with Crippen LogP contribution in [0.3, 0.4) is 0 Å². The number of amides is 1. The number of Topliss-reactive ketones (excluding diaryl/α,β-unsaturated/α-hetero) is 1. The molecule has 1 saturated heterocycles. The molecule has 25 heavy (non-hydrogen) atoms. The predicted octanol–water partition coefficient (Wildman–Crippen LogP) is 2.73. The number of ketones is 1. The third-order valence-electron chi connectivity index (χ3n) is 8.48. The first-order valence-electron chi connectivity index (χ1n) is 9.71. The lowest BCUT2D eigenvalue weighted by Gasteiger charge is -2.61. The summed E-state index contributed by atoms with van der Waals surface area (Å²) in [5.41, 5.74) is 0.0107. The van der Waals surface area contributed by atoms with Crippen molar-refractivity contribution in [2.45, 2.75) is 64.8 Å². The van der Waals surface area contributed by atoms with Gasteiger partial charge in [-0.3, -0.25) is 14.4 Å². The Labute approximate surface area is 149 Å². The van der Waals surface area contributed by atoms with Gasteiger partial charge in [-0.2, -0.15) is 0 Å². The van der Waals surface area contributed by atoms with Gasteiger partial charge >= 0.3 is 5.97 Å². The van der Waals surface area contributed by atoms with Crippen molar-refractivity contribution < 1.29 is 19.5 Å². The van der Waals surface area contributed by atoms with E-state index in [0.717, 1.165) is 19.3 Å². The minimum atomic E-state index is -1.02. The number of hydrogen-bond donors (Lipinski definition) is 1. The van der Waals surface area contributed by atoms with Crippen molar-refractivity contribution in [3.8, 4) is 0 Å². The molecule has 1 heterocycles. The van der Waals surface area contributed by atoms with Crippen molar-refractivity contribution in [3.63, 3.8) is 0 Å². The molecule has 138 valence electrons. The Bertz CT molecular complexity index is 646. The maximum atomic E-state index is 13.1. The molecule has 0 aromatic rings. The van der Waals surface area contributed by atoms with Gasteiger partial charge in [0.2, 0.25) is 5.91 Å². The quantitative estimate of drug-likeness (QED) is 0.740. The van der Waals surface area contributed by atoms with Crippen LogP contribution in [0.15, 0.2) is 0 Å². The molecule has 2 unspecified atom stereocenters. The molecule has 1 aliphatic heterocycles. The Morgan fingerprint density at radius 3 is 2.56 bits per heavy atom.